The maximum absolute atomic E-state index is 13.6. The smallest absolute Gasteiger partial charge is 0.193 e. The van der Waals surface area contributed by atoms with E-state index in [4.69, 9.17) is 14.2 Å². The summed E-state index contributed by atoms with van der Waals surface area (Å²) in [5.41, 5.74) is 5.66. The predicted molar refractivity (Wildman–Crippen MR) is 142 cm³/mol. The summed E-state index contributed by atoms with van der Waals surface area (Å²) in [7, 11) is 3.33. The minimum Gasteiger partial charge on any atom is -0.497 e. The van der Waals surface area contributed by atoms with Gasteiger partial charge in [-0.2, -0.15) is 0 Å². The third kappa shape index (κ3) is 4.89. The van der Waals surface area contributed by atoms with Crippen LogP contribution in [0.15, 0.2) is 103 Å². The highest BCUT2D eigenvalue weighted by Crippen LogP contribution is 2.41. The zero-order chi connectivity index (χ0) is 24.9. The Morgan fingerprint density at radius 3 is 2.14 bits per heavy atom. The van der Waals surface area contributed by atoms with E-state index in [-0.39, 0.29) is 11.7 Å². The zero-order valence-corrected chi connectivity index (χ0v) is 20.4. The second kappa shape index (κ2) is 10.5. The summed E-state index contributed by atoms with van der Waals surface area (Å²) in [4.78, 5) is 13.6. The molecular weight excluding hydrogens is 448 g/mol. The van der Waals surface area contributed by atoms with Crippen molar-refractivity contribution >= 4 is 11.4 Å². The van der Waals surface area contributed by atoms with Crippen LogP contribution in [0.25, 0.3) is 5.57 Å². The first-order valence-corrected chi connectivity index (χ1v) is 12.0. The van der Waals surface area contributed by atoms with Crippen LogP contribution in [-0.4, -0.2) is 20.0 Å². The van der Waals surface area contributed by atoms with Gasteiger partial charge in [0.25, 0.3) is 0 Å². The number of carbonyl (C=O) groups is 1. The number of rotatable bonds is 8. The van der Waals surface area contributed by atoms with Crippen molar-refractivity contribution in [1.82, 2.24) is 0 Å². The number of carbonyl (C=O) groups excluding carboxylic acids is 1. The predicted octanol–water partition coefficient (Wildman–Crippen LogP) is 7.08. The van der Waals surface area contributed by atoms with E-state index in [1.54, 1.807) is 14.2 Å². The van der Waals surface area contributed by atoms with Crippen molar-refractivity contribution < 1.29 is 19.0 Å². The normalized spacial score (nSPS) is 14.4. The number of benzene rings is 4. The molecule has 0 aliphatic heterocycles. The highest BCUT2D eigenvalue weighted by Gasteiger charge is 2.27. The molecule has 0 saturated carbocycles. The lowest BCUT2D eigenvalue weighted by atomic mass is 9.77. The van der Waals surface area contributed by atoms with Crippen molar-refractivity contribution in [1.29, 1.82) is 0 Å². The summed E-state index contributed by atoms with van der Waals surface area (Å²) in [6.07, 6.45) is 2.79. The Labute approximate surface area is 211 Å². The molecule has 0 spiro atoms. The molecule has 4 nitrogen and oxygen atoms in total. The number of methoxy groups -OCH3 is 2. The molecule has 0 saturated heterocycles. The first kappa shape index (κ1) is 23.4. The van der Waals surface area contributed by atoms with Crippen molar-refractivity contribution in [3.63, 3.8) is 0 Å². The maximum Gasteiger partial charge on any atom is 0.193 e. The first-order chi connectivity index (χ1) is 17.7. The number of hydrogen-bond acceptors (Lipinski definition) is 4. The lowest BCUT2D eigenvalue weighted by Crippen LogP contribution is -2.14. The molecule has 0 N–H and O–H groups in total. The van der Waals surface area contributed by atoms with E-state index in [0.717, 1.165) is 45.9 Å². The molecule has 0 bridgehead atoms. The summed E-state index contributed by atoms with van der Waals surface area (Å²) in [5, 5.41) is 0. The summed E-state index contributed by atoms with van der Waals surface area (Å²) in [6, 6.07) is 31.5. The highest BCUT2D eigenvalue weighted by atomic mass is 16.5. The van der Waals surface area contributed by atoms with E-state index >= 15 is 0 Å². The van der Waals surface area contributed by atoms with E-state index in [1.165, 1.54) is 5.56 Å². The Balaban J connectivity index is 1.39. The number of ketones is 1. The number of ether oxygens (including phenoxy) is 3. The Kier molecular flexibility index (Phi) is 6.85. The van der Waals surface area contributed by atoms with E-state index in [1.807, 2.05) is 84.9 Å². The van der Waals surface area contributed by atoms with Crippen LogP contribution in [0.4, 0.5) is 0 Å². The van der Waals surface area contributed by atoms with Crippen LogP contribution in [0, 0.1) is 0 Å². The second-order valence-corrected chi connectivity index (χ2v) is 8.76. The summed E-state index contributed by atoms with van der Waals surface area (Å²) in [6.45, 7) is 0.487. The topological polar surface area (TPSA) is 44.8 Å². The van der Waals surface area contributed by atoms with Crippen LogP contribution >= 0.6 is 0 Å². The Bertz CT molecular complexity index is 1370. The van der Waals surface area contributed by atoms with Crippen LogP contribution in [0.2, 0.25) is 0 Å². The second-order valence-electron chi connectivity index (χ2n) is 8.76. The van der Waals surface area contributed by atoms with Gasteiger partial charge in [0.2, 0.25) is 0 Å². The minimum atomic E-state index is 0.00390. The molecule has 1 unspecified atom stereocenters. The molecule has 1 aliphatic rings. The van der Waals surface area contributed by atoms with Gasteiger partial charge in [0.05, 0.1) is 14.2 Å². The zero-order valence-electron chi connectivity index (χ0n) is 20.4. The van der Waals surface area contributed by atoms with E-state index < -0.39 is 0 Å². The number of hydrogen-bond donors (Lipinski definition) is 0. The van der Waals surface area contributed by atoms with Gasteiger partial charge in [-0.1, -0.05) is 54.6 Å². The molecular formula is C32H28O4. The molecule has 5 rings (SSSR count). The Morgan fingerprint density at radius 2 is 1.44 bits per heavy atom. The van der Waals surface area contributed by atoms with Crippen LogP contribution in [-0.2, 0) is 6.61 Å². The summed E-state index contributed by atoms with van der Waals surface area (Å²) >= 11 is 0. The molecule has 0 amide bonds. The van der Waals surface area contributed by atoms with E-state index in [9.17, 15) is 4.79 Å². The lowest BCUT2D eigenvalue weighted by molar-refractivity contribution is 0.105. The highest BCUT2D eigenvalue weighted by molar-refractivity contribution is 6.29. The third-order valence-electron chi connectivity index (χ3n) is 6.61. The largest absolute Gasteiger partial charge is 0.497 e. The maximum atomic E-state index is 13.6. The molecule has 1 atom stereocenters. The molecule has 1 aliphatic carbocycles. The number of fused-ring (bicyclic) bond motifs is 1. The van der Waals surface area contributed by atoms with E-state index in [2.05, 4.69) is 18.2 Å². The number of Topliss-reactive ketones (excluding diaryl/α,β-unsaturated/α-hetero) is 1. The molecule has 0 fully saturated rings. The quantitative estimate of drug-likeness (QED) is 0.255. The van der Waals surface area contributed by atoms with E-state index in [0.29, 0.717) is 12.2 Å². The molecule has 4 heteroatoms. The molecule has 180 valence electrons. The van der Waals surface area contributed by atoms with Gasteiger partial charge in [0.1, 0.15) is 23.9 Å². The Morgan fingerprint density at radius 1 is 0.778 bits per heavy atom. The Hall–Kier alpha value is -4.31. The van der Waals surface area contributed by atoms with Crippen molar-refractivity contribution in [3.05, 3.63) is 131 Å². The number of allylic oxidation sites excluding steroid dienone is 2. The molecule has 4 aromatic carbocycles. The fourth-order valence-corrected chi connectivity index (χ4v) is 4.64. The van der Waals surface area contributed by atoms with Gasteiger partial charge in [-0.15, -0.1) is 0 Å². The van der Waals surface area contributed by atoms with Crippen LogP contribution in [0.3, 0.4) is 0 Å². The minimum absolute atomic E-state index is 0.00390. The molecule has 0 aromatic heterocycles. The molecule has 36 heavy (non-hydrogen) atoms. The standard InChI is InChI=1S/C32H28O4/c1-34-25-12-8-23(9-13-25)28-18-19-30(29-17-16-27(35-2)20-31(28)29)32(33)24-10-14-26(15-11-24)36-21-22-6-4-3-5-7-22/h3-17,19-20,28H,18,21H2,1-2H3. The van der Waals surface area contributed by atoms with Crippen molar-refractivity contribution in [2.24, 2.45) is 0 Å². The van der Waals surface area contributed by atoms with Gasteiger partial charge >= 0.3 is 0 Å². The lowest BCUT2D eigenvalue weighted by Gasteiger charge is -2.26. The van der Waals surface area contributed by atoms with Crippen LogP contribution < -0.4 is 14.2 Å². The van der Waals surface area contributed by atoms with Gasteiger partial charge in [-0.3, -0.25) is 4.79 Å². The first-order valence-electron chi connectivity index (χ1n) is 12.0. The fourth-order valence-electron chi connectivity index (χ4n) is 4.64. The average molecular weight is 477 g/mol. The molecule has 4 aromatic rings. The molecule has 0 heterocycles. The van der Waals surface area contributed by atoms with Gasteiger partial charge < -0.3 is 14.2 Å². The van der Waals surface area contributed by atoms with Crippen LogP contribution in [0.1, 0.15) is 45.0 Å². The van der Waals surface area contributed by atoms with Crippen molar-refractivity contribution in [2.75, 3.05) is 14.2 Å². The van der Waals surface area contributed by atoms with Gasteiger partial charge in [0, 0.05) is 17.1 Å². The van der Waals surface area contributed by atoms with Gasteiger partial charge in [-0.05, 0) is 77.2 Å². The van der Waals surface area contributed by atoms with Crippen molar-refractivity contribution in [2.45, 2.75) is 18.9 Å². The SMILES string of the molecule is COc1ccc(C2CC=C(C(=O)c3ccc(OCc4ccccc4)cc3)c3ccc(OC)cc32)cc1. The van der Waals surface area contributed by atoms with Crippen molar-refractivity contribution in [3.8, 4) is 17.2 Å². The van der Waals surface area contributed by atoms with Gasteiger partial charge in [-0.25, -0.2) is 0 Å². The average Bonchev–Trinajstić information content (AvgIpc) is 2.95. The summed E-state index contributed by atoms with van der Waals surface area (Å²) < 4.78 is 16.7. The van der Waals surface area contributed by atoms with Gasteiger partial charge in [0.15, 0.2) is 5.78 Å². The molecule has 0 radical (unpaired) electrons. The third-order valence-corrected chi connectivity index (χ3v) is 6.61. The van der Waals surface area contributed by atoms with Crippen LogP contribution in [0.5, 0.6) is 17.2 Å². The summed E-state index contributed by atoms with van der Waals surface area (Å²) in [5.74, 6) is 2.47. The fraction of sp³-hybridized carbons (Fsp3) is 0.156. The monoisotopic (exact) mass is 476 g/mol.